The quantitative estimate of drug-likeness (QED) is 0.877. The molecule has 0 radical (unpaired) electrons. The Hall–Kier alpha value is -1.92. The second-order valence-electron chi connectivity index (χ2n) is 4.94. The van der Waals surface area contributed by atoms with Crippen LogP contribution in [0.2, 0.25) is 0 Å². The third-order valence-corrected chi connectivity index (χ3v) is 4.39. The molecule has 0 saturated carbocycles. The summed E-state index contributed by atoms with van der Waals surface area (Å²) < 4.78 is 0. The van der Waals surface area contributed by atoms with E-state index in [-0.39, 0.29) is 5.91 Å². The number of rotatable bonds is 2. The van der Waals surface area contributed by atoms with E-state index in [9.17, 15) is 9.90 Å². The molecule has 1 amide bonds. The molecule has 0 bridgehead atoms. The van der Waals surface area contributed by atoms with Crippen LogP contribution in [0, 0.1) is 0 Å². The third kappa shape index (κ3) is 2.28. The van der Waals surface area contributed by atoms with E-state index in [1.807, 2.05) is 30.3 Å². The average molecular weight is 289 g/mol. The van der Waals surface area contributed by atoms with Crippen molar-refractivity contribution in [3.8, 4) is 0 Å². The Kier molecular flexibility index (Phi) is 3.19. The van der Waals surface area contributed by atoms with Crippen molar-refractivity contribution in [2.45, 2.75) is 12.0 Å². The van der Waals surface area contributed by atoms with E-state index in [2.05, 4.69) is 4.98 Å². The number of nitrogens with two attached hydrogens (primary N) is 1. The molecular formula is C14H15N3O2S. The van der Waals surface area contributed by atoms with E-state index < -0.39 is 5.60 Å². The molecule has 1 atom stereocenters. The summed E-state index contributed by atoms with van der Waals surface area (Å²) in [6.07, 6.45) is 2.03. The zero-order valence-corrected chi connectivity index (χ0v) is 11.6. The molecule has 6 heteroatoms. The number of aromatic nitrogens is 1. The van der Waals surface area contributed by atoms with E-state index in [0.717, 1.165) is 5.56 Å². The Labute approximate surface area is 120 Å². The highest BCUT2D eigenvalue weighted by Gasteiger charge is 2.40. The number of amides is 1. The maximum absolute atomic E-state index is 12.3. The average Bonchev–Trinajstić information content (AvgIpc) is 3.07. The maximum atomic E-state index is 12.3. The van der Waals surface area contributed by atoms with Gasteiger partial charge in [0.15, 0.2) is 5.13 Å². The van der Waals surface area contributed by atoms with Gasteiger partial charge in [0, 0.05) is 6.54 Å². The minimum atomic E-state index is -0.965. The molecule has 1 aromatic heterocycles. The highest BCUT2D eigenvalue weighted by molar-refractivity contribution is 7.17. The molecule has 1 aliphatic heterocycles. The number of aliphatic hydroxyl groups is 1. The van der Waals surface area contributed by atoms with Crippen molar-refractivity contribution in [2.24, 2.45) is 0 Å². The van der Waals surface area contributed by atoms with Gasteiger partial charge in [-0.25, -0.2) is 4.98 Å². The Morgan fingerprint density at radius 3 is 2.80 bits per heavy atom. The number of hydrogen-bond donors (Lipinski definition) is 2. The number of anilines is 1. The number of β-amino-alcohol motifs (C(OH)–C–C–N with tert-alkyl or cyclic N) is 1. The first-order valence-electron chi connectivity index (χ1n) is 6.37. The summed E-state index contributed by atoms with van der Waals surface area (Å²) >= 11 is 1.17. The van der Waals surface area contributed by atoms with Crippen molar-refractivity contribution in [3.05, 3.63) is 47.0 Å². The molecule has 1 fully saturated rings. The van der Waals surface area contributed by atoms with E-state index in [1.165, 1.54) is 17.5 Å². The van der Waals surface area contributed by atoms with Gasteiger partial charge in [-0.05, 0) is 12.0 Å². The number of thiazole rings is 1. The highest BCUT2D eigenvalue weighted by Crippen LogP contribution is 2.33. The smallest absolute Gasteiger partial charge is 0.265 e. The molecule has 0 aliphatic carbocycles. The number of carbonyl (C=O) groups is 1. The van der Waals surface area contributed by atoms with Crippen LogP contribution in [0.5, 0.6) is 0 Å². The summed E-state index contributed by atoms with van der Waals surface area (Å²) in [5, 5.41) is 11.1. The number of likely N-dealkylation sites (tertiary alicyclic amines) is 1. The van der Waals surface area contributed by atoms with Crippen LogP contribution in [-0.4, -0.2) is 34.0 Å². The van der Waals surface area contributed by atoms with Crippen LogP contribution in [-0.2, 0) is 5.60 Å². The number of nitrogens with zero attached hydrogens (tertiary/aromatic N) is 2. The van der Waals surface area contributed by atoms with Gasteiger partial charge in [-0.15, -0.1) is 0 Å². The standard InChI is InChI=1S/C14H15N3O2S/c15-13-16-8-11(20-13)12(18)17-7-6-14(19,9-17)10-4-2-1-3-5-10/h1-5,8,19H,6-7,9H2,(H2,15,16)/t14-/m0/s1. The molecule has 20 heavy (non-hydrogen) atoms. The van der Waals surface area contributed by atoms with Gasteiger partial charge in [0.05, 0.1) is 12.7 Å². The van der Waals surface area contributed by atoms with Crippen LogP contribution in [0.4, 0.5) is 5.13 Å². The summed E-state index contributed by atoms with van der Waals surface area (Å²) in [5.74, 6) is -0.119. The lowest BCUT2D eigenvalue weighted by Crippen LogP contribution is -2.34. The lowest BCUT2D eigenvalue weighted by atomic mass is 9.93. The number of benzene rings is 1. The monoisotopic (exact) mass is 289 g/mol. The Balaban J connectivity index is 1.78. The maximum Gasteiger partial charge on any atom is 0.265 e. The fourth-order valence-corrected chi connectivity index (χ4v) is 3.15. The lowest BCUT2D eigenvalue weighted by molar-refractivity contribution is 0.0419. The molecule has 0 spiro atoms. The number of carbonyl (C=O) groups excluding carboxylic acids is 1. The van der Waals surface area contributed by atoms with Crippen molar-refractivity contribution in [1.29, 1.82) is 0 Å². The van der Waals surface area contributed by atoms with Crippen LogP contribution in [0.15, 0.2) is 36.5 Å². The van der Waals surface area contributed by atoms with E-state index in [4.69, 9.17) is 5.73 Å². The first-order valence-corrected chi connectivity index (χ1v) is 7.19. The zero-order valence-electron chi connectivity index (χ0n) is 10.8. The molecule has 1 saturated heterocycles. The fourth-order valence-electron chi connectivity index (χ4n) is 2.49. The normalized spacial score (nSPS) is 22.1. The largest absolute Gasteiger partial charge is 0.383 e. The Morgan fingerprint density at radius 2 is 2.15 bits per heavy atom. The van der Waals surface area contributed by atoms with Crippen molar-refractivity contribution < 1.29 is 9.90 Å². The van der Waals surface area contributed by atoms with Gasteiger partial charge in [0.2, 0.25) is 0 Å². The fraction of sp³-hybridized carbons (Fsp3) is 0.286. The predicted octanol–water partition coefficient (Wildman–Crippen LogP) is 1.46. The molecule has 2 heterocycles. The van der Waals surface area contributed by atoms with Gasteiger partial charge >= 0.3 is 0 Å². The molecule has 1 aliphatic rings. The molecule has 3 N–H and O–H groups in total. The zero-order chi connectivity index (χ0) is 14.2. The minimum Gasteiger partial charge on any atom is -0.383 e. The predicted molar refractivity (Wildman–Crippen MR) is 77.4 cm³/mol. The van der Waals surface area contributed by atoms with Gasteiger partial charge in [0.25, 0.3) is 5.91 Å². The minimum absolute atomic E-state index is 0.119. The van der Waals surface area contributed by atoms with Gasteiger partial charge in [0.1, 0.15) is 10.5 Å². The summed E-state index contributed by atoms with van der Waals surface area (Å²) in [6.45, 7) is 0.829. The van der Waals surface area contributed by atoms with Crippen LogP contribution >= 0.6 is 11.3 Å². The second kappa shape index (κ2) is 4.88. The summed E-state index contributed by atoms with van der Waals surface area (Å²) in [6, 6.07) is 9.46. The first kappa shape index (κ1) is 13.1. The van der Waals surface area contributed by atoms with E-state index in [1.54, 1.807) is 4.90 Å². The van der Waals surface area contributed by atoms with E-state index >= 15 is 0 Å². The van der Waals surface area contributed by atoms with Crippen molar-refractivity contribution in [2.75, 3.05) is 18.8 Å². The first-order chi connectivity index (χ1) is 9.58. The van der Waals surface area contributed by atoms with Gasteiger partial charge in [-0.1, -0.05) is 41.7 Å². The summed E-state index contributed by atoms with van der Waals surface area (Å²) in [5.41, 5.74) is 5.43. The topological polar surface area (TPSA) is 79.5 Å². The van der Waals surface area contributed by atoms with Gasteiger partial charge in [-0.3, -0.25) is 4.79 Å². The molecule has 1 aromatic carbocycles. The van der Waals surface area contributed by atoms with Crippen LogP contribution in [0.1, 0.15) is 21.7 Å². The van der Waals surface area contributed by atoms with Crippen molar-refractivity contribution in [3.63, 3.8) is 0 Å². The van der Waals surface area contributed by atoms with E-state index in [0.29, 0.717) is 29.5 Å². The van der Waals surface area contributed by atoms with Crippen LogP contribution < -0.4 is 5.73 Å². The molecule has 104 valence electrons. The molecule has 2 aromatic rings. The molecule has 5 nitrogen and oxygen atoms in total. The SMILES string of the molecule is Nc1ncc(C(=O)N2CC[C@@](O)(c3ccccc3)C2)s1. The van der Waals surface area contributed by atoms with Crippen LogP contribution in [0.25, 0.3) is 0 Å². The second-order valence-corrected chi connectivity index (χ2v) is 6.00. The highest BCUT2D eigenvalue weighted by atomic mass is 32.1. The third-order valence-electron chi connectivity index (χ3n) is 3.58. The summed E-state index contributed by atoms with van der Waals surface area (Å²) in [7, 11) is 0. The Morgan fingerprint density at radius 1 is 1.40 bits per heavy atom. The van der Waals surface area contributed by atoms with Crippen LogP contribution in [0.3, 0.4) is 0 Å². The molecular weight excluding hydrogens is 274 g/mol. The van der Waals surface area contributed by atoms with Crippen molar-refractivity contribution >= 4 is 22.4 Å². The Bertz CT molecular complexity index is 628. The van der Waals surface area contributed by atoms with Crippen molar-refractivity contribution in [1.82, 2.24) is 9.88 Å². The molecule has 0 unspecified atom stereocenters. The lowest BCUT2D eigenvalue weighted by Gasteiger charge is -2.23. The summed E-state index contributed by atoms with van der Waals surface area (Å²) in [4.78, 5) is 18.4. The van der Waals surface area contributed by atoms with Gasteiger partial charge in [-0.2, -0.15) is 0 Å². The number of nitrogen functional groups attached to an aromatic ring is 1. The van der Waals surface area contributed by atoms with Gasteiger partial charge < -0.3 is 15.7 Å². The molecule has 3 rings (SSSR count). The number of hydrogen-bond acceptors (Lipinski definition) is 5.